The van der Waals surface area contributed by atoms with Crippen molar-refractivity contribution in [2.24, 2.45) is 5.92 Å². The number of amides is 1. The molecule has 150 valence electrons. The lowest BCUT2D eigenvalue weighted by molar-refractivity contribution is -0.148. The van der Waals surface area contributed by atoms with Crippen LogP contribution in [0.2, 0.25) is 0 Å². The first-order valence-corrected chi connectivity index (χ1v) is 11.2. The molecule has 0 spiro atoms. The zero-order valence-corrected chi connectivity index (χ0v) is 17.7. The molecule has 3 aromatic rings. The lowest BCUT2D eigenvalue weighted by atomic mass is 9.97. The summed E-state index contributed by atoms with van der Waals surface area (Å²) in [6.45, 7) is 2.74. The molecule has 1 aliphatic rings. The van der Waals surface area contributed by atoms with Gasteiger partial charge in [-0.3, -0.25) is 14.4 Å². The van der Waals surface area contributed by atoms with Crippen molar-refractivity contribution in [3.8, 4) is 0 Å². The van der Waals surface area contributed by atoms with E-state index in [4.69, 9.17) is 4.74 Å². The fourth-order valence-electron chi connectivity index (χ4n) is 3.63. The molecule has 0 N–H and O–H groups in total. The molecule has 7 heteroatoms. The maximum atomic E-state index is 12.6. The minimum atomic E-state index is -0.347. The Morgan fingerprint density at radius 2 is 1.86 bits per heavy atom. The predicted octanol–water partition coefficient (Wildman–Crippen LogP) is 4.55. The van der Waals surface area contributed by atoms with Crippen LogP contribution in [-0.2, 0) is 9.53 Å². The summed E-state index contributed by atoms with van der Waals surface area (Å²) in [6, 6.07) is 11.6. The molecule has 29 heavy (non-hydrogen) atoms. The van der Waals surface area contributed by atoms with Crippen molar-refractivity contribution in [2.75, 3.05) is 19.7 Å². The van der Waals surface area contributed by atoms with Crippen LogP contribution in [0.15, 0.2) is 41.8 Å². The number of hydrogen-bond donors (Lipinski definition) is 0. The number of carbonyl (C=O) groups is 3. The molecule has 1 aromatic carbocycles. The Morgan fingerprint density at radius 3 is 2.55 bits per heavy atom. The second-order valence-corrected chi connectivity index (χ2v) is 9.13. The number of aryl methyl sites for hydroxylation is 1. The molecule has 0 atom stereocenters. The monoisotopic (exact) mass is 427 g/mol. The summed E-state index contributed by atoms with van der Waals surface area (Å²) in [5, 5.41) is 2.95. The first-order chi connectivity index (χ1) is 14.0. The summed E-state index contributed by atoms with van der Waals surface area (Å²) in [6.07, 6.45) is 1.12. The van der Waals surface area contributed by atoms with Crippen molar-refractivity contribution in [3.63, 3.8) is 0 Å². The second-order valence-electron chi connectivity index (χ2n) is 7.13. The fourth-order valence-corrected chi connectivity index (χ4v) is 5.46. The Hall–Kier alpha value is -2.51. The Balaban J connectivity index is 1.30. The van der Waals surface area contributed by atoms with Crippen LogP contribution in [-0.4, -0.2) is 42.3 Å². The highest BCUT2D eigenvalue weighted by molar-refractivity contribution is 7.21. The van der Waals surface area contributed by atoms with Gasteiger partial charge in [-0.2, -0.15) is 0 Å². The molecule has 0 bridgehead atoms. The van der Waals surface area contributed by atoms with Crippen molar-refractivity contribution in [3.05, 3.63) is 57.1 Å². The maximum absolute atomic E-state index is 12.6. The number of carbonyl (C=O) groups excluding carboxylic acids is 3. The Bertz CT molecular complexity index is 1050. The molecule has 0 saturated carbocycles. The number of ketones is 1. The van der Waals surface area contributed by atoms with Gasteiger partial charge < -0.3 is 9.64 Å². The minimum Gasteiger partial charge on any atom is -0.457 e. The molecule has 0 radical (unpaired) electrons. The van der Waals surface area contributed by atoms with Gasteiger partial charge in [0.1, 0.15) is 0 Å². The molecule has 0 aliphatic carbocycles. The lowest BCUT2D eigenvalue weighted by Gasteiger charge is -2.30. The van der Waals surface area contributed by atoms with E-state index in [1.54, 1.807) is 4.90 Å². The van der Waals surface area contributed by atoms with E-state index in [1.165, 1.54) is 22.7 Å². The standard InChI is InChI=1S/C22H21NO4S2/c1-14-16-5-2-3-6-18(16)29-20(14)17(24)13-27-22(26)15-8-10-23(11-9-15)21(25)19-7-4-12-28-19/h2-7,12,15H,8-11,13H2,1H3. The van der Waals surface area contributed by atoms with Crippen LogP contribution >= 0.6 is 22.7 Å². The van der Waals surface area contributed by atoms with E-state index >= 15 is 0 Å². The highest BCUT2D eigenvalue weighted by Crippen LogP contribution is 2.31. The van der Waals surface area contributed by atoms with Crippen LogP contribution in [0.3, 0.4) is 0 Å². The summed E-state index contributed by atoms with van der Waals surface area (Å²) in [5.41, 5.74) is 0.937. The first kappa shape index (κ1) is 19.8. The summed E-state index contributed by atoms with van der Waals surface area (Å²) >= 11 is 2.86. The average molecular weight is 428 g/mol. The topological polar surface area (TPSA) is 63.7 Å². The number of nitrogens with zero attached hydrogens (tertiary/aromatic N) is 1. The van der Waals surface area contributed by atoms with E-state index < -0.39 is 0 Å². The van der Waals surface area contributed by atoms with Gasteiger partial charge in [0.15, 0.2) is 6.61 Å². The van der Waals surface area contributed by atoms with E-state index in [1.807, 2.05) is 48.7 Å². The highest BCUT2D eigenvalue weighted by Gasteiger charge is 2.29. The van der Waals surface area contributed by atoms with Gasteiger partial charge in [0.2, 0.25) is 5.78 Å². The van der Waals surface area contributed by atoms with Crippen LogP contribution in [0.5, 0.6) is 0 Å². The fraction of sp³-hybridized carbons (Fsp3) is 0.318. The smallest absolute Gasteiger partial charge is 0.309 e. The molecular formula is C22H21NO4S2. The summed E-state index contributed by atoms with van der Waals surface area (Å²) in [5.74, 6) is -0.761. The van der Waals surface area contributed by atoms with Gasteiger partial charge in [0, 0.05) is 17.8 Å². The number of piperidine rings is 1. The Morgan fingerprint density at radius 1 is 1.10 bits per heavy atom. The van der Waals surface area contributed by atoms with Crippen molar-refractivity contribution >= 4 is 50.4 Å². The van der Waals surface area contributed by atoms with Crippen LogP contribution in [0.25, 0.3) is 10.1 Å². The quantitative estimate of drug-likeness (QED) is 0.443. The third-order valence-electron chi connectivity index (χ3n) is 5.29. The molecule has 1 fully saturated rings. The van der Waals surface area contributed by atoms with Crippen LogP contribution in [0.4, 0.5) is 0 Å². The molecule has 4 rings (SSSR count). The average Bonchev–Trinajstić information content (AvgIpc) is 3.40. The number of fused-ring (bicyclic) bond motifs is 1. The number of Topliss-reactive ketones (excluding diaryl/α,β-unsaturated/α-hetero) is 1. The number of likely N-dealkylation sites (tertiary alicyclic amines) is 1. The lowest BCUT2D eigenvalue weighted by Crippen LogP contribution is -2.40. The highest BCUT2D eigenvalue weighted by atomic mass is 32.1. The van der Waals surface area contributed by atoms with Crippen LogP contribution in [0, 0.1) is 12.8 Å². The molecule has 1 amide bonds. The Kier molecular flexibility index (Phi) is 5.78. The van der Waals surface area contributed by atoms with Gasteiger partial charge >= 0.3 is 5.97 Å². The van der Waals surface area contributed by atoms with Gasteiger partial charge in [-0.25, -0.2) is 0 Å². The van der Waals surface area contributed by atoms with Gasteiger partial charge in [-0.15, -0.1) is 22.7 Å². The van der Waals surface area contributed by atoms with Crippen molar-refractivity contribution < 1.29 is 19.1 Å². The van der Waals surface area contributed by atoms with E-state index in [9.17, 15) is 14.4 Å². The molecule has 0 unspecified atom stereocenters. The summed E-state index contributed by atoms with van der Waals surface area (Å²) < 4.78 is 6.39. The molecular weight excluding hydrogens is 406 g/mol. The van der Waals surface area contributed by atoms with E-state index in [2.05, 4.69) is 0 Å². The van der Waals surface area contributed by atoms with Gasteiger partial charge in [0.25, 0.3) is 5.91 Å². The van der Waals surface area contributed by atoms with Crippen molar-refractivity contribution in [1.82, 2.24) is 4.90 Å². The second kappa shape index (κ2) is 8.47. The number of thiophene rings is 2. The van der Waals surface area contributed by atoms with E-state index in [0.717, 1.165) is 20.5 Å². The number of rotatable bonds is 5. The normalized spacial score (nSPS) is 14.9. The zero-order chi connectivity index (χ0) is 20.4. The summed E-state index contributed by atoms with van der Waals surface area (Å²) in [7, 11) is 0. The third kappa shape index (κ3) is 4.11. The predicted molar refractivity (Wildman–Crippen MR) is 115 cm³/mol. The third-order valence-corrected chi connectivity index (χ3v) is 7.46. The van der Waals surface area contributed by atoms with Crippen LogP contribution < -0.4 is 0 Å². The van der Waals surface area contributed by atoms with E-state index in [-0.39, 0.29) is 30.2 Å². The van der Waals surface area contributed by atoms with E-state index in [0.29, 0.717) is 30.8 Å². The molecule has 2 aromatic heterocycles. The summed E-state index contributed by atoms with van der Waals surface area (Å²) in [4.78, 5) is 40.5. The number of hydrogen-bond acceptors (Lipinski definition) is 6. The maximum Gasteiger partial charge on any atom is 0.309 e. The minimum absolute atomic E-state index is 0.0160. The van der Waals surface area contributed by atoms with Crippen LogP contribution in [0.1, 0.15) is 37.7 Å². The molecule has 1 aliphatic heterocycles. The Labute approximate surface area is 176 Å². The molecule has 3 heterocycles. The SMILES string of the molecule is Cc1c(C(=O)COC(=O)C2CCN(C(=O)c3cccs3)CC2)sc2ccccc12. The van der Waals surface area contributed by atoms with Gasteiger partial charge in [-0.05, 0) is 48.2 Å². The number of benzene rings is 1. The van der Waals surface area contributed by atoms with Crippen molar-refractivity contribution in [2.45, 2.75) is 19.8 Å². The van der Waals surface area contributed by atoms with Crippen molar-refractivity contribution in [1.29, 1.82) is 0 Å². The van der Waals surface area contributed by atoms with Gasteiger partial charge in [-0.1, -0.05) is 24.3 Å². The molecule has 5 nitrogen and oxygen atoms in total. The molecule has 1 saturated heterocycles. The largest absolute Gasteiger partial charge is 0.457 e. The number of esters is 1. The zero-order valence-electron chi connectivity index (χ0n) is 16.1. The first-order valence-electron chi connectivity index (χ1n) is 9.55. The van der Waals surface area contributed by atoms with Gasteiger partial charge in [0.05, 0.1) is 15.7 Å². The number of ether oxygens (including phenoxy) is 1.